The highest BCUT2D eigenvalue weighted by Gasteiger charge is 2.27. The maximum atomic E-state index is 11.6. The van der Waals surface area contributed by atoms with E-state index in [-0.39, 0.29) is 24.3 Å². The van der Waals surface area contributed by atoms with Crippen molar-refractivity contribution in [2.45, 2.75) is 12.5 Å². The van der Waals surface area contributed by atoms with Gasteiger partial charge in [0.25, 0.3) is 5.69 Å². The summed E-state index contributed by atoms with van der Waals surface area (Å²) in [6.07, 6.45) is -0.543. The minimum absolute atomic E-state index is 0.0404. The topological polar surface area (TPSA) is 95.7 Å². The lowest BCUT2D eigenvalue weighted by Gasteiger charge is -2.08. The van der Waals surface area contributed by atoms with Crippen LogP contribution in [0.4, 0.5) is 5.69 Å². The Labute approximate surface area is 101 Å². The highest BCUT2D eigenvalue weighted by Crippen LogP contribution is 2.15. The first-order valence-electron chi connectivity index (χ1n) is 5.17. The Morgan fingerprint density at radius 3 is 2.56 bits per heavy atom. The van der Waals surface area contributed by atoms with Crippen molar-refractivity contribution in [3.63, 3.8) is 0 Å². The average molecular weight is 251 g/mol. The molecule has 94 valence electrons. The summed E-state index contributed by atoms with van der Waals surface area (Å²) in [6, 6.07) is 5.04. The van der Waals surface area contributed by atoms with Crippen LogP contribution in [0.15, 0.2) is 24.3 Å². The van der Waals surface area contributed by atoms with Gasteiger partial charge in [0.2, 0.25) is 0 Å². The van der Waals surface area contributed by atoms with Crippen molar-refractivity contribution in [1.82, 2.24) is 0 Å². The Morgan fingerprint density at radius 1 is 1.39 bits per heavy atom. The van der Waals surface area contributed by atoms with Crippen LogP contribution < -0.4 is 0 Å². The summed E-state index contributed by atoms with van der Waals surface area (Å²) in [5, 5.41) is 10.4. The molecule has 0 radical (unpaired) electrons. The number of carbonyl (C=O) groups excluding carboxylic acids is 2. The van der Waals surface area contributed by atoms with Crippen LogP contribution in [0, 0.1) is 10.1 Å². The van der Waals surface area contributed by atoms with Gasteiger partial charge in [0.05, 0.1) is 16.9 Å². The Bertz CT molecular complexity index is 495. The molecule has 1 aromatic rings. The molecule has 2 rings (SSSR count). The van der Waals surface area contributed by atoms with E-state index in [4.69, 9.17) is 4.74 Å². The molecule has 0 unspecified atom stereocenters. The van der Waals surface area contributed by atoms with Crippen LogP contribution in [0.3, 0.4) is 0 Å². The largest absolute Gasteiger partial charge is 0.462 e. The van der Waals surface area contributed by atoms with Crippen LogP contribution >= 0.6 is 0 Å². The quantitative estimate of drug-likeness (QED) is 0.453. The van der Waals surface area contributed by atoms with Gasteiger partial charge in [-0.2, -0.15) is 0 Å². The van der Waals surface area contributed by atoms with E-state index in [0.29, 0.717) is 0 Å². The van der Waals surface area contributed by atoms with Crippen molar-refractivity contribution in [3.05, 3.63) is 39.9 Å². The number of benzene rings is 1. The second kappa shape index (κ2) is 4.82. The number of carbonyl (C=O) groups is 2. The minimum Gasteiger partial charge on any atom is -0.462 e. The van der Waals surface area contributed by atoms with Crippen molar-refractivity contribution < 1.29 is 24.0 Å². The lowest BCUT2D eigenvalue weighted by molar-refractivity contribution is -0.384. The lowest BCUT2D eigenvalue weighted by Crippen LogP contribution is -2.18. The summed E-state index contributed by atoms with van der Waals surface area (Å²) in [5.41, 5.74) is 0.0888. The summed E-state index contributed by atoms with van der Waals surface area (Å²) in [6.45, 7) is 0.0531. The monoisotopic (exact) mass is 251 g/mol. The molecular formula is C11H9NO6. The number of nitro benzene ring substituents is 1. The van der Waals surface area contributed by atoms with Gasteiger partial charge in [-0.25, -0.2) is 4.79 Å². The van der Waals surface area contributed by atoms with Crippen molar-refractivity contribution in [1.29, 1.82) is 0 Å². The molecule has 0 amide bonds. The standard InChI is InChI=1S/C11H9NO6/c13-10-5-9(6-17-10)18-11(14)7-1-3-8(4-2-7)12(15)16/h1-4,9H,5-6H2/t9-/m1/s1. The number of non-ortho nitro benzene ring substituents is 1. The summed E-state index contributed by atoms with van der Waals surface area (Å²) in [4.78, 5) is 32.3. The number of ether oxygens (including phenoxy) is 2. The fraction of sp³-hybridized carbons (Fsp3) is 0.273. The molecule has 1 aromatic carbocycles. The molecule has 0 N–H and O–H groups in total. The smallest absolute Gasteiger partial charge is 0.338 e. The zero-order valence-corrected chi connectivity index (χ0v) is 9.20. The fourth-order valence-corrected chi connectivity index (χ4v) is 1.50. The number of cyclic esters (lactones) is 1. The summed E-state index contributed by atoms with van der Waals surface area (Å²) >= 11 is 0. The second-order valence-electron chi connectivity index (χ2n) is 3.72. The van der Waals surface area contributed by atoms with Crippen LogP contribution in [0.1, 0.15) is 16.8 Å². The molecule has 1 atom stereocenters. The van der Waals surface area contributed by atoms with E-state index in [1.807, 2.05) is 0 Å². The fourth-order valence-electron chi connectivity index (χ4n) is 1.50. The molecule has 18 heavy (non-hydrogen) atoms. The van der Waals surface area contributed by atoms with Crippen LogP contribution in [0.25, 0.3) is 0 Å². The molecule has 1 heterocycles. The zero-order chi connectivity index (χ0) is 13.1. The SMILES string of the molecule is O=C1C[C@@H](OC(=O)c2ccc([N+](=O)[O-])cc2)CO1. The first-order valence-corrected chi connectivity index (χ1v) is 5.17. The highest BCUT2D eigenvalue weighted by atomic mass is 16.6. The van der Waals surface area contributed by atoms with Crippen molar-refractivity contribution in [3.8, 4) is 0 Å². The molecule has 0 bridgehead atoms. The van der Waals surface area contributed by atoms with Gasteiger partial charge in [-0.05, 0) is 12.1 Å². The molecule has 0 saturated carbocycles. The van der Waals surface area contributed by atoms with Crippen molar-refractivity contribution in [2.24, 2.45) is 0 Å². The van der Waals surface area contributed by atoms with Gasteiger partial charge >= 0.3 is 11.9 Å². The number of esters is 2. The molecule has 7 heteroatoms. The van der Waals surface area contributed by atoms with Crippen LogP contribution in [-0.4, -0.2) is 29.6 Å². The van der Waals surface area contributed by atoms with E-state index in [1.165, 1.54) is 24.3 Å². The summed E-state index contributed by atoms with van der Waals surface area (Å²) in [7, 11) is 0. The van der Waals surface area contributed by atoms with E-state index >= 15 is 0 Å². The molecule has 1 fully saturated rings. The Hall–Kier alpha value is -2.44. The number of hydrogen-bond acceptors (Lipinski definition) is 6. The first-order chi connectivity index (χ1) is 8.56. The van der Waals surface area contributed by atoms with E-state index in [9.17, 15) is 19.7 Å². The van der Waals surface area contributed by atoms with E-state index < -0.39 is 23.0 Å². The normalized spacial score (nSPS) is 18.2. The molecule has 1 aliphatic heterocycles. The molecule has 1 saturated heterocycles. The number of hydrogen-bond donors (Lipinski definition) is 0. The Kier molecular flexibility index (Phi) is 3.22. The van der Waals surface area contributed by atoms with Gasteiger partial charge in [-0.15, -0.1) is 0 Å². The predicted molar refractivity (Wildman–Crippen MR) is 57.9 cm³/mol. The lowest BCUT2D eigenvalue weighted by atomic mass is 10.2. The van der Waals surface area contributed by atoms with Crippen molar-refractivity contribution >= 4 is 17.6 Å². The van der Waals surface area contributed by atoms with Gasteiger partial charge in [-0.1, -0.05) is 0 Å². The van der Waals surface area contributed by atoms with Crippen LogP contribution in [0.2, 0.25) is 0 Å². The van der Waals surface area contributed by atoms with Crippen LogP contribution in [-0.2, 0) is 14.3 Å². The maximum Gasteiger partial charge on any atom is 0.338 e. The van der Waals surface area contributed by atoms with Gasteiger partial charge in [0.1, 0.15) is 12.7 Å². The van der Waals surface area contributed by atoms with E-state index in [0.717, 1.165) is 0 Å². The third-order valence-electron chi connectivity index (χ3n) is 2.41. The molecule has 7 nitrogen and oxygen atoms in total. The first kappa shape index (κ1) is 12.0. The third-order valence-corrected chi connectivity index (χ3v) is 2.41. The number of nitrogens with zero attached hydrogens (tertiary/aromatic N) is 1. The number of nitro groups is 1. The molecule has 0 spiro atoms. The molecule has 0 aliphatic carbocycles. The predicted octanol–water partition coefficient (Wildman–Crippen LogP) is 1.07. The van der Waals surface area contributed by atoms with E-state index in [1.54, 1.807) is 0 Å². The number of rotatable bonds is 3. The Balaban J connectivity index is 2.00. The van der Waals surface area contributed by atoms with Gasteiger partial charge in [0.15, 0.2) is 0 Å². The zero-order valence-electron chi connectivity index (χ0n) is 9.20. The molecule has 1 aliphatic rings. The average Bonchev–Trinajstić information content (AvgIpc) is 2.75. The van der Waals surface area contributed by atoms with Gasteiger partial charge in [0, 0.05) is 12.1 Å². The highest BCUT2D eigenvalue weighted by molar-refractivity contribution is 5.90. The summed E-state index contributed by atoms with van der Waals surface area (Å²) in [5.74, 6) is -1.04. The van der Waals surface area contributed by atoms with Gasteiger partial charge < -0.3 is 9.47 Å². The molecular weight excluding hydrogens is 242 g/mol. The van der Waals surface area contributed by atoms with Gasteiger partial charge in [-0.3, -0.25) is 14.9 Å². The minimum atomic E-state index is -0.631. The van der Waals surface area contributed by atoms with Crippen LogP contribution in [0.5, 0.6) is 0 Å². The van der Waals surface area contributed by atoms with Crippen molar-refractivity contribution in [2.75, 3.05) is 6.61 Å². The summed E-state index contributed by atoms with van der Waals surface area (Å²) < 4.78 is 9.66. The molecule has 0 aromatic heterocycles. The maximum absolute atomic E-state index is 11.6. The second-order valence-corrected chi connectivity index (χ2v) is 3.72. The van der Waals surface area contributed by atoms with E-state index in [2.05, 4.69) is 4.74 Å². The third kappa shape index (κ3) is 2.62. The Morgan fingerprint density at radius 2 is 2.06 bits per heavy atom.